The third-order valence-electron chi connectivity index (χ3n) is 3.92. The number of carbonyl (C=O) groups is 1. The molecule has 0 aromatic carbocycles. The Morgan fingerprint density at radius 1 is 1.50 bits per heavy atom. The molecule has 0 saturated heterocycles. The van der Waals surface area contributed by atoms with Crippen LogP contribution in [0.2, 0.25) is 0 Å². The van der Waals surface area contributed by atoms with Crippen molar-refractivity contribution in [2.24, 2.45) is 11.3 Å². The van der Waals surface area contributed by atoms with Gasteiger partial charge in [0.25, 0.3) is 0 Å². The first-order chi connectivity index (χ1) is 6.42. The van der Waals surface area contributed by atoms with Gasteiger partial charge in [-0.05, 0) is 17.0 Å². The fourth-order valence-corrected chi connectivity index (χ4v) is 2.63. The van der Waals surface area contributed by atoms with Gasteiger partial charge in [0.15, 0.2) is 0 Å². The Hall–Kier alpha value is -1.25. The van der Waals surface area contributed by atoms with Crippen LogP contribution in [0.3, 0.4) is 0 Å². The number of rotatable bonds is 2. The summed E-state index contributed by atoms with van der Waals surface area (Å²) in [6.45, 7) is 5.95. The van der Waals surface area contributed by atoms with Crippen molar-refractivity contribution in [1.82, 2.24) is 0 Å². The fourth-order valence-electron chi connectivity index (χ4n) is 2.63. The minimum atomic E-state index is -0.723. The van der Waals surface area contributed by atoms with E-state index in [2.05, 4.69) is 0 Å². The Balaban J connectivity index is 2.41. The van der Waals surface area contributed by atoms with Gasteiger partial charge in [-0.1, -0.05) is 20.8 Å². The molecule has 3 heteroatoms. The van der Waals surface area contributed by atoms with Crippen molar-refractivity contribution < 1.29 is 14.3 Å². The second kappa shape index (κ2) is 2.41. The zero-order valence-electron chi connectivity index (χ0n) is 8.57. The maximum absolute atomic E-state index is 11.1. The van der Waals surface area contributed by atoms with Crippen molar-refractivity contribution in [3.05, 3.63) is 24.2 Å². The molecule has 1 N–H and O–H groups in total. The summed E-state index contributed by atoms with van der Waals surface area (Å²) in [6, 6.07) is 1.85. The average molecular weight is 194 g/mol. The second-order valence-corrected chi connectivity index (χ2v) is 4.71. The molecule has 76 valence electrons. The molecule has 1 aromatic rings. The maximum atomic E-state index is 11.1. The van der Waals surface area contributed by atoms with E-state index in [1.807, 2.05) is 26.8 Å². The molecule has 1 fully saturated rings. The van der Waals surface area contributed by atoms with Crippen molar-refractivity contribution in [1.29, 1.82) is 0 Å². The zero-order chi connectivity index (χ0) is 10.6. The highest BCUT2D eigenvalue weighted by atomic mass is 16.4. The van der Waals surface area contributed by atoms with Crippen LogP contribution in [0.15, 0.2) is 23.0 Å². The SMILES string of the molecule is CC1(C)C(C(=O)O)C1(C)c1ccoc1. The normalized spacial score (nSPS) is 34.1. The molecule has 1 saturated carbocycles. The third kappa shape index (κ3) is 0.846. The van der Waals surface area contributed by atoms with E-state index in [-0.39, 0.29) is 16.7 Å². The second-order valence-electron chi connectivity index (χ2n) is 4.71. The highest BCUT2D eigenvalue weighted by Gasteiger charge is 2.72. The Labute approximate surface area is 82.7 Å². The fraction of sp³-hybridized carbons (Fsp3) is 0.545. The lowest BCUT2D eigenvalue weighted by Gasteiger charge is -2.10. The molecule has 0 aliphatic heterocycles. The van der Waals surface area contributed by atoms with Crippen molar-refractivity contribution >= 4 is 5.97 Å². The molecular weight excluding hydrogens is 180 g/mol. The van der Waals surface area contributed by atoms with Gasteiger partial charge in [0.05, 0.1) is 18.4 Å². The van der Waals surface area contributed by atoms with Gasteiger partial charge in [-0.3, -0.25) is 4.79 Å². The summed E-state index contributed by atoms with van der Waals surface area (Å²) in [5, 5.41) is 9.09. The summed E-state index contributed by atoms with van der Waals surface area (Å²) in [7, 11) is 0. The van der Waals surface area contributed by atoms with Gasteiger partial charge in [-0.25, -0.2) is 0 Å². The summed E-state index contributed by atoms with van der Waals surface area (Å²) in [5.41, 5.74) is 0.504. The first-order valence-electron chi connectivity index (χ1n) is 4.68. The summed E-state index contributed by atoms with van der Waals surface area (Å²) < 4.78 is 5.01. The number of hydrogen-bond acceptors (Lipinski definition) is 2. The third-order valence-corrected chi connectivity index (χ3v) is 3.92. The van der Waals surface area contributed by atoms with Gasteiger partial charge in [-0.2, -0.15) is 0 Å². The van der Waals surface area contributed by atoms with Crippen LogP contribution in [0.5, 0.6) is 0 Å². The highest BCUT2D eigenvalue weighted by molar-refractivity contribution is 5.79. The van der Waals surface area contributed by atoms with Crippen LogP contribution < -0.4 is 0 Å². The maximum Gasteiger partial charge on any atom is 0.307 e. The predicted octanol–water partition coefficient (Wildman–Crippen LogP) is 2.28. The van der Waals surface area contributed by atoms with Crippen LogP contribution in [-0.2, 0) is 10.2 Å². The lowest BCUT2D eigenvalue weighted by Crippen LogP contribution is -2.10. The summed E-state index contributed by atoms with van der Waals surface area (Å²) >= 11 is 0. The first-order valence-corrected chi connectivity index (χ1v) is 4.68. The van der Waals surface area contributed by atoms with Crippen molar-refractivity contribution in [3.63, 3.8) is 0 Å². The van der Waals surface area contributed by atoms with E-state index in [0.29, 0.717) is 0 Å². The molecule has 2 rings (SSSR count). The van der Waals surface area contributed by atoms with E-state index >= 15 is 0 Å². The number of furan rings is 1. The van der Waals surface area contributed by atoms with Crippen molar-refractivity contribution in [2.45, 2.75) is 26.2 Å². The van der Waals surface area contributed by atoms with Gasteiger partial charge in [0.2, 0.25) is 0 Å². The lowest BCUT2D eigenvalue weighted by molar-refractivity contribution is -0.139. The zero-order valence-corrected chi connectivity index (χ0v) is 8.57. The minimum Gasteiger partial charge on any atom is -0.481 e. The van der Waals surface area contributed by atoms with E-state index < -0.39 is 5.97 Å². The van der Waals surface area contributed by atoms with Crippen LogP contribution in [0.25, 0.3) is 0 Å². The molecule has 1 heterocycles. The summed E-state index contributed by atoms with van der Waals surface area (Å²) in [6.07, 6.45) is 3.23. The van der Waals surface area contributed by atoms with Crippen LogP contribution in [0.4, 0.5) is 0 Å². The molecule has 1 aliphatic carbocycles. The van der Waals surface area contributed by atoms with Gasteiger partial charge < -0.3 is 9.52 Å². The topological polar surface area (TPSA) is 50.4 Å². The molecule has 1 aromatic heterocycles. The van der Waals surface area contributed by atoms with Crippen molar-refractivity contribution in [3.8, 4) is 0 Å². The van der Waals surface area contributed by atoms with Crippen LogP contribution in [-0.4, -0.2) is 11.1 Å². The molecule has 14 heavy (non-hydrogen) atoms. The largest absolute Gasteiger partial charge is 0.481 e. The van der Waals surface area contributed by atoms with E-state index in [0.717, 1.165) is 5.56 Å². The van der Waals surface area contributed by atoms with Gasteiger partial charge in [-0.15, -0.1) is 0 Å². The smallest absolute Gasteiger partial charge is 0.307 e. The van der Waals surface area contributed by atoms with Gasteiger partial charge in [0, 0.05) is 5.41 Å². The molecule has 0 spiro atoms. The van der Waals surface area contributed by atoms with Crippen LogP contribution in [0, 0.1) is 11.3 Å². The predicted molar refractivity (Wildman–Crippen MR) is 51.0 cm³/mol. The highest BCUT2D eigenvalue weighted by Crippen LogP contribution is 2.69. The molecule has 2 atom stereocenters. The Bertz CT molecular complexity index is 364. The molecule has 1 aliphatic rings. The number of hydrogen-bond donors (Lipinski definition) is 1. The minimum absolute atomic E-state index is 0.192. The van der Waals surface area contributed by atoms with E-state index in [4.69, 9.17) is 9.52 Å². The van der Waals surface area contributed by atoms with Gasteiger partial charge in [0.1, 0.15) is 0 Å². The Morgan fingerprint density at radius 2 is 2.14 bits per heavy atom. The molecule has 3 nitrogen and oxygen atoms in total. The first kappa shape index (κ1) is 9.31. The van der Waals surface area contributed by atoms with E-state index in [1.165, 1.54) is 0 Å². The molecule has 0 bridgehead atoms. The summed E-state index contributed by atoms with van der Waals surface area (Å²) in [4.78, 5) is 11.1. The van der Waals surface area contributed by atoms with Crippen LogP contribution >= 0.6 is 0 Å². The van der Waals surface area contributed by atoms with Gasteiger partial charge >= 0.3 is 5.97 Å². The molecular formula is C11H14O3. The van der Waals surface area contributed by atoms with Crippen molar-refractivity contribution in [2.75, 3.05) is 0 Å². The quantitative estimate of drug-likeness (QED) is 0.785. The van der Waals surface area contributed by atoms with Crippen LogP contribution in [0.1, 0.15) is 26.3 Å². The average Bonchev–Trinajstić information content (AvgIpc) is 2.52. The number of carboxylic acid groups (broad SMARTS) is 1. The molecule has 0 amide bonds. The number of carboxylic acids is 1. The standard InChI is InChI=1S/C11H14O3/c1-10(2)8(9(12)13)11(10,3)7-4-5-14-6-7/h4-6,8H,1-3H3,(H,12,13). The Kier molecular flexibility index (Phi) is 1.60. The monoisotopic (exact) mass is 194 g/mol. The summed E-state index contributed by atoms with van der Waals surface area (Å²) in [5.74, 6) is -1.04. The van der Waals surface area contributed by atoms with E-state index in [9.17, 15) is 4.79 Å². The van der Waals surface area contributed by atoms with E-state index in [1.54, 1.807) is 12.5 Å². The lowest BCUT2D eigenvalue weighted by atomic mass is 9.92. The number of aliphatic carboxylic acids is 1. The Morgan fingerprint density at radius 3 is 2.50 bits per heavy atom. The molecule has 2 unspecified atom stereocenters. The molecule has 0 radical (unpaired) electrons.